The Morgan fingerprint density at radius 2 is 1.83 bits per heavy atom. The molecule has 7 heteroatoms. The van der Waals surface area contributed by atoms with Gasteiger partial charge in [-0.3, -0.25) is 14.8 Å². The molecule has 5 heterocycles. The van der Waals surface area contributed by atoms with Crippen molar-refractivity contribution in [2.45, 2.75) is 6.42 Å². The predicted molar refractivity (Wildman–Crippen MR) is 139 cm³/mol. The zero-order valence-corrected chi connectivity index (χ0v) is 19.6. The molecular weight excluding hydrogens is 436 g/mol. The number of carbonyl (C=O) groups excluding carboxylic acids is 1. The summed E-state index contributed by atoms with van der Waals surface area (Å²) in [5, 5.41) is 3.23. The molecule has 0 bridgehead atoms. The van der Waals surface area contributed by atoms with Gasteiger partial charge in [-0.2, -0.15) is 0 Å². The summed E-state index contributed by atoms with van der Waals surface area (Å²) in [7, 11) is 2.13. The fourth-order valence-corrected chi connectivity index (χ4v) is 4.73. The molecule has 1 aliphatic rings. The summed E-state index contributed by atoms with van der Waals surface area (Å²) in [6.07, 6.45) is 9.49. The van der Waals surface area contributed by atoms with E-state index in [4.69, 9.17) is 0 Å². The summed E-state index contributed by atoms with van der Waals surface area (Å²) in [6, 6.07) is 14.1. The molecular formula is C28H26N6O. The minimum absolute atomic E-state index is 0.0482. The second-order valence-electron chi connectivity index (χ2n) is 9.16. The maximum absolute atomic E-state index is 13.1. The van der Waals surface area contributed by atoms with E-state index in [0.717, 1.165) is 70.5 Å². The van der Waals surface area contributed by atoms with E-state index >= 15 is 0 Å². The van der Waals surface area contributed by atoms with Crippen LogP contribution in [-0.4, -0.2) is 63.8 Å². The van der Waals surface area contributed by atoms with Crippen molar-refractivity contribution in [3.05, 3.63) is 84.7 Å². The lowest BCUT2D eigenvalue weighted by Crippen LogP contribution is -2.44. The number of hydrogen-bond donors (Lipinski definition) is 1. The number of pyridine rings is 3. The third-order valence-corrected chi connectivity index (χ3v) is 6.80. The minimum atomic E-state index is 0.0482. The van der Waals surface area contributed by atoms with Crippen LogP contribution in [0.15, 0.2) is 73.4 Å². The van der Waals surface area contributed by atoms with Gasteiger partial charge < -0.3 is 14.8 Å². The van der Waals surface area contributed by atoms with Gasteiger partial charge in [0.15, 0.2) is 5.78 Å². The number of benzene rings is 1. The Kier molecular flexibility index (Phi) is 5.47. The highest BCUT2D eigenvalue weighted by molar-refractivity contribution is 5.99. The predicted octanol–water partition coefficient (Wildman–Crippen LogP) is 4.35. The third-order valence-electron chi connectivity index (χ3n) is 6.80. The first-order valence-corrected chi connectivity index (χ1v) is 11.9. The summed E-state index contributed by atoms with van der Waals surface area (Å²) < 4.78 is 0. The molecule has 0 unspecified atom stereocenters. The highest BCUT2D eigenvalue weighted by Gasteiger charge is 2.17. The first-order valence-electron chi connectivity index (χ1n) is 11.9. The topological polar surface area (TPSA) is 78.0 Å². The van der Waals surface area contributed by atoms with Crippen LogP contribution in [0.1, 0.15) is 16.1 Å². The Morgan fingerprint density at radius 1 is 0.943 bits per heavy atom. The number of rotatable bonds is 5. The number of nitrogens with zero attached hydrogens (tertiary/aromatic N) is 5. The van der Waals surface area contributed by atoms with Gasteiger partial charge in [-0.25, -0.2) is 4.98 Å². The Bertz CT molecular complexity index is 1530. The molecule has 1 saturated heterocycles. The number of hydrogen-bond acceptors (Lipinski definition) is 6. The van der Waals surface area contributed by atoms with Crippen molar-refractivity contribution in [3.63, 3.8) is 0 Å². The molecule has 6 rings (SSSR count). The highest BCUT2D eigenvalue weighted by atomic mass is 16.1. The van der Waals surface area contributed by atoms with Gasteiger partial charge in [0.1, 0.15) is 5.82 Å². The molecule has 0 aliphatic carbocycles. The van der Waals surface area contributed by atoms with Crippen LogP contribution in [0.5, 0.6) is 0 Å². The third kappa shape index (κ3) is 4.26. The number of aromatic amines is 1. The molecule has 4 aromatic heterocycles. The second-order valence-corrected chi connectivity index (χ2v) is 9.16. The number of ketones is 1. The Balaban J connectivity index is 1.26. The Morgan fingerprint density at radius 3 is 2.71 bits per heavy atom. The molecule has 35 heavy (non-hydrogen) atoms. The van der Waals surface area contributed by atoms with Crippen LogP contribution in [0.25, 0.3) is 32.8 Å². The second kappa shape index (κ2) is 8.92. The van der Waals surface area contributed by atoms with Crippen LogP contribution in [0.3, 0.4) is 0 Å². The van der Waals surface area contributed by atoms with Crippen molar-refractivity contribution < 1.29 is 4.79 Å². The minimum Gasteiger partial charge on any atom is -0.360 e. The molecule has 0 radical (unpaired) electrons. The lowest BCUT2D eigenvalue weighted by atomic mass is 10.00. The summed E-state index contributed by atoms with van der Waals surface area (Å²) in [5.74, 6) is 0.916. The maximum Gasteiger partial charge on any atom is 0.169 e. The molecule has 0 amide bonds. The lowest BCUT2D eigenvalue weighted by Gasteiger charge is -2.33. The average Bonchev–Trinajstić information content (AvgIpc) is 3.38. The Labute approximate surface area is 203 Å². The van der Waals surface area contributed by atoms with Crippen LogP contribution in [0, 0.1) is 0 Å². The van der Waals surface area contributed by atoms with Crippen molar-refractivity contribution in [2.75, 3.05) is 38.1 Å². The van der Waals surface area contributed by atoms with E-state index in [-0.39, 0.29) is 12.2 Å². The normalized spacial score (nSPS) is 14.6. The fraction of sp³-hybridized carbons (Fsp3) is 0.214. The number of Topliss-reactive ketones (excluding diaryl/α,β-unsaturated/α-hetero) is 1. The van der Waals surface area contributed by atoms with Crippen molar-refractivity contribution in [1.29, 1.82) is 0 Å². The smallest absolute Gasteiger partial charge is 0.169 e. The quantitative estimate of drug-likeness (QED) is 0.391. The summed E-state index contributed by atoms with van der Waals surface area (Å²) >= 11 is 0. The summed E-state index contributed by atoms with van der Waals surface area (Å²) in [6.45, 7) is 3.83. The lowest BCUT2D eigenvalue weighted by molar-refractivity contribution is 0.0992. The van der Waals surface area contributed by atoms with Crippen molar-refractivity contribution in [1.82, 2.24) is 24.8 Å². The molecule has 1 N–H and O–H groups in total. The number of H-pyrrole nitrogens is 1. The number of carbonyl (C=O) groups is 1. The summed E-state index contributed by atoms with van der Waals surface area (Å²) in [4.78, 5) is 34.4. The number of piperazine rings is 1. The van der Waals surface area contributed by atoms with Crippen LogP contribution in [0.2, 0.25) is 0 Å². The SMILES string of the molecule is CN1CCN(c2cc(C(=O)Cc3cc4cc(-c5cncc6[nH]ccc56)ccc4cn3)ccn2)CC1. The first-order chi connectivity index (χ1) is 17.1. The zero-order valence-electron chi connectivity index (χ0n) is 19.6. The van der Waals surface area contributed by atoms with Gasteiger partial charge in [0, 0.05) is 78.6 Å². The largest absolute Gasteiger partial charge is 0.360 e. The van der Waals surface area contributed by atoms with Gasteiger partial charge in [-0.15, -0.1) is 0 Å². The molecule has 0 saturated carbocycles. The van der Waals surface area contributed by atoms with Crippen LogP contribution < -0.4 is 4.90 Å². The number of aromatic nitrogens is 4. The highest BCUT2D eigenvalue weighted by Crippen LogP contribution is 2.30. The van der Waals surface area contributed by atoms with Gasteiger partial charge in [0.25, 0.3) is 0 Å². The monoisotopic (exact) mass is 462 g/mol. The number of nitrogens with one attached hydrogen (secondary N) is 1. The fourth-order valence-electron chi connectivity index (χ4n) is 4.73. The van der Waals surface area contributed by atoms with E-state index in [9.17, 15) is 4.79 Å². The number of anilines is 1. The van der Waals surface area contributed by atoms with Gasteiger partial charge in [0.05, 0.1) is 18.1 Å². The Hall–Kier alpha value is -4.10. The van der Waals surface area contributed by atoms with Crippen molar-refractivity contribution in [3.8, 4) is 11.1 Å². The molecule has 1 aromatic carbocycles. The van der Waals surface area contributed by atoms with Gasteiger partial charge in [-0.05, 0) is 48.3 Å². The van der Waals surface area contributed by atoms with Crippen molar-refractivity contribution >= 4 is 33.3 Å². The van der Waals surface area contributed by atoms with Gasteiger partial charge >= 0.3 is 0 Å². The average molecular weight is 463 g/mol. The molecule has 0 atom stereocenters. The zero-order chi connectivity index (χ0) is 23.8. The van der Waals surface area contributed by atoms with E-state index in [1.807, 2.05) is 36.9 Å². The van der Waals surface area contributed by atoms with Gasteiger partial charge in [0.2, 0.25) is 0 Å². The van der Waals surface area contributed by atoms with Crippen LogP contribution in [-0.2, 0) is 6.42 Å². The number of fused-ring (bicyclic) bond motifs is 2. The maximum atomic E-state index is 13.1. The van der Waals surface area contributed by atoms with Gasteiger partial charge in [-0.1, -0.05) is 12.1 Å². The molecule has 0 spiro atoms. The molecule has 1 aliphatic heterocycles. The summed E-state index contributed by atoms with van der Waals surface area (Å²) in [5.41, 5.74) is 4.61. The van der Waals surface area contributed by atoms with E-state index in [2.05, 4.69) is 61.0 Å². The first kappa shape index (κ1) is 21.4. The standard InChI is InChI=1S/C28H26N6O/c1-33-8-10-34(11-9-33)28-14-20(4-6-31-28)27(35)15-23-13-22-12-19(2-3-21(22)16-32-23)25-17-29-18-26-24(25)5-7-30-26/h2-7,12-14,16-18,30H,8-11,15H2,1H3. The van der Waals surface area contributed by atoms with E-state index < -0.39 is 0 Å². The molecule has 7 nitrogen and oxygen atoms in total. The molecule has 5 aromatic rings. The molecule has 174 valence electrons. The van der Waals surface area contributed by atoms with Crippen molar-refractivity contribution in [2.24, 2.45) is 0 Å². The molecule has 1 fully saturated rings. The van der Waals surface area contributed by atoms with E-state index in [0.29, 0.717) is 5.56 Å². The van der Waals surface area contributed by atoms with Crippen LogP contribution >= 0.6 is 0 Å². The number of likely N-dealkylation sites (N-methyl/N-ethyl adjacent to an activating group) is 1. The van der Waals surface area contributed by atoms with E-state index in [1.54, 1.807) is 12.3 Å². The van der Waals surface area contributed by atoms with E-state index in [1.165, 1.54) is 0 Å². The van der Waals surface area contributed by atoms with Crippen LogP contribution in [0.4, 0.5) is 5.82 Å².